The van der Waals surface area contributed by atoms with Crippen LogP contribution in [0.15, 0.2) is 24.3 Å². The number of benzene rings is 1. The Morgan fingerprint density at radius 1 is 1.26 bits per heavy atom. The van der Waals surface area contributed by atoms with E-state index in [0.29, 0.717) is 18.4 Å². The molecule has 0 amide bonds. The Bertz CT molecular complexity index is 403. The maximum Gasteiger partial charge on any atom is 0.272 e. The molecular formula is C15H24N2O2. The van der Waals surface area contributed by atoms with Crippen molar-refractivity contribution in [2.24, 2.45) is 5.92 Å². The summed E-state index contributed by atoms with van der Waals surface area (Å²) >= 11 is 0. The summed E-state index contributed by atoms with van der Waals surface area (Å²) in [4.78, 5) is 10.6. The van der Waals surface area contributed by atoms with Crippen LogP contribution in [0.5, 0.6) is 0 Å². The van der Waals surface area contributed by atoms with E-state index in [1.807, 2.05) is 12.1 Å². The first-order valence-corrected chi connectivity index (χ1v) is 7.05. The largest absolute Gasteiger partial charge is 0.314 e. The van der Waals surface area contributed by atoms with Crippen molar-refractivity contribution in [3.63, 3.8) is 0 Å². The van der Waals surface area contributed by atoms with E-state index in [4.69, 9.17) is 0 Å². The second kappa shape index (κ2) is 7.89. The fourth-order valence-electron chi connectivity index (χ4n) is 2.50. The molecule has 0 bridgehead atoms. The summed E-state index contributed by atoms with van der Waals surface area (Å²) < 4.78 is 0. The number of hydrogen-bond donors (Lipinski definition) is 1. The van der Waals surface area contributed by atoms with E-state index in [2.05, 4.69) is 26.1 Å². The fraction of sp³-hybridized carbons (Fsp3) is 0.600. The lowest BCUT2D eigenvalue weighted by atomic mass is 9.95. The van der Waals surface area contributed by atoms with Gasteiger partial charge in [-0.15, -0.1) is 0 Å². The molecule has 1 atom stereocenters. The molecular weight excluding hydrogens is 240 g/mol. The van der Waals surface area contributed by atoms with E-state index in [9.17, 15) is 10.1 Å². The third kappa shape index (κ3) is 4.63. The summed E-state index contributed by atoms with van der Waals surface area (Å²) in [5.41, 5.74) is 1.02. The average molecular weight is 264 g/mol. The Balaban J connectivity index is 2.52. The van der Waals surface area contributed by atoms with Gasteiger partial charge in [0, 0.05) is 17.7 Å². The first-order valence-electron chi connectivity index (χ1n) is 7.05. The Hall–Kier alpha value is -1.42. The molecule has 0 saturated carbocycles. The van der Waals surface area contributed by atoms with E-state index >= 15 is 0 Å². The molecule has 1 unspecified atom stereocenters. The topological polar surface area (TPSA) is 55.2 Å². The van der Waals surface area contributed by atoms with Gasteiger partial charge in [-0.25, -0.2) is 0 Å². The van der Waals surface area contributed by atoms with Crippen LogP contribution in [0.2, 0.25) is 0 Å². The highest BCUT2D eigenvalue weighted by Gasteiger charge is 2.14. The van der Waals surface area contributed by atoms with Crippen LogP contribution >= 0.6 is 0 Å². The van der Waals surface area contributed by atoms with E-state index in [0.717, 1.165) is 24.9 Å². The normalized spacial score (nSPS) is 12.6. The van der Waals surface area contributed by atoms with Crippen molar-refractivity contribution in [3.8, 4) is 0 Å². The van der Waals surface area contributed by atoms with Crippen molar-refractivity contribution in [1.29, 1.82) is 0 Å². The molecule has 0 aliphatic carbocycles. The van der Waals surface area contributed by atoms with Gasteiger partial charge in [0.1, 0.15) is 0 Å². The molecule has 4 nitrogen and oxygen atoms in total. The van der Waals surface area contributed by atoms with Crippen molar-refractivity contribution in [3.05, 3.63) is 39.9 Å². The Kier molecular flexibility index (Phi) is 6.50. The zero-order valence-electron chi connectivity index (χ0n) is 12.1. The van der Waals surface area contributed by atoms with Gasteiger partial charge >= 0.3 is 0 Å². The molecule has 0 heterocycles. The maximum atomic E-state index is 10.9. The highest BCUT2D eigenvalue weighted by molar-refractivity contribution is 5.39. The van der Waals surface area contributed by atoms with Crippen LogP contribution in [-0.2, 0) is 6.42 Å². The lowest BCUT2D eigenvalue weighted by Crippen LogP contribution is -2.34. The summed E-state index contributed by atoms with van der Waals surface area (Å²) in [6.07, 6.45) is 3.02. The van der Waals surface area contributed by atoms with Gasteiger partial charge in [-0.2, -0.15) is 0 Å². The van der Waals surface area contributed by atoms with Gasteiger partial charge in [0.25, 0.3) is 5.69 Å². The van der Waals surface area contributed by atoms with Crippen LogP contribution in [0.1, 0.15) is 39.2 Å². The maximum absolute atomic E-state index is 10.9. The van der Waals surface area contributed by atoms with E-state index < -0.39 is 0 Å². The van der Waals surface area contributed by atoms with Gasteiger partial charge in [0.2, 0.25) is 0 Å². The van der Waals surface area contributed by atoms with Gasteiger partial charge < -0.3 is 5.32 Å². The number of nitrogens with zero attached hydrogens (tertiary/aromatic N) is 1. The third-order valence-corrected chi connectivity index (χ3v) is 3.80. The molecule has 106 valence electrons. The monoisotopic (exact) mass is 264 g/mol. The molecule has 0 saturated heterocycles. The molecule has 0 spiro atoms. The lowest BCUT2D eigenvalue weighted by molar-refractivity contribution is -0.385. The fourth-order valence-corrected chi connectivity index (χ4v) is 2.50. The lowest BCUT2D eigenvalue weighted by Gasteiger charge is -2.22. The summed E-state index contributed by atoms with van der Waals surface area (Å²) in [6, 6.07) is 7.42. The number of nitro groups is 1. The zero-order valence-corrected chi connectivity index (χ0v) is 12.1. The molecule has 4 heteroatoms. The predicted molar refractivity (Wildman–Crippen MR) is 78.3 cm³/mol. The molecule has 0 fully saturated rings. The van der Waals surface area contributed by atoms with E-state index in [1.54, 1.807) is 12.1 Å². The van der Waals surface area contributed by atoms with Crippen LogP contribution in [0.3, 0.4) is 0 Å². The highest BCUT2D eigenvalue weighted by atomic mass is 16.6. The zero-order chi connectivity index (χ0) is 14.3. The Labute approximate surface area is 115 Å². The minimum atomic E-state index is -0.306. The van der Waals surface area contributed by atoms with Crippen molar-refractivity contribution in [2.45, 2.75) is 46.1 Å². The molecule has 1 rings (SSSR count). The molecule has 0 aliphatic rings. The standard InChI is InChI=1S/C15H24N2O2/c1-4-13(5-2)12(3)16-11-10-14-8-6-7-9-15(14)17(18)19/h6-9,12-13,16H,4-5,10-11H2,1-3H3. The summed E-state index contributed by atoms with van der Waals surface area (Å²) in [6.45, 7) is 7.38. The van der Waals surface area contributed by atoms with Crippen LogP contribution in [0.25, 0.3) is 0 Å². The molecule has 1 N–H and O–H groups in total. The summed E-state index contributed by atoms with van der Waals surface area (Å²) in [7, 11) is 0. The molecule has 1 aromatic carbocycles. The van der Waals surface area contributed by atoms with Gasteiger partial charge in [-0.3, -0.25) is 10.1 Å². The van der Waals surface area contributed by atoms with E-state index in [-0.39, 0.29) is 10.6 Å². The van der Waals surface area contributed by atoms with Gasteiger partial charge in [-0.1, -0.05) is 44.9 Å². The number of hydrogen-bond acceptors (Lipinski definition) is 3. The third-order valence-electron chi connectivity index (χ3n) is 3.80. The molecule has 0 aromatic heterocycles. The van der Waals surface area contributed by atoms with Crippen LogP contribution < -0.4 is 5.32 Å². The molecule has 0 radical (unpaired) electrons. The SMILES string of the molecule is CCC(CC)C(C)NCCc1ccccc1[N+](=O)[O-]. The van der Waals surface area contributed by atoms with Crippen molar-refractivity contribution < 1.29 is 4.92 Å². The smallest absolute Gasteiger partial charge is 0.272 e. The minimum Gasteiger partial charge on any atom is -0.314 e. The highest BCUT2D eigenvalue weighted by Crippen LogP contribution is 2.18. The van der Waals surface area contributed by atoms with Gasteiger partial charge in [0.15, 0.2) is 0 Å². The minimum absolute atomic E-state index is 0.222. The Morgan fingerprint density at radius 3 is 2.47 bits per heavy atom. The number of para-hydroxylation sites is 1. The number of rotatable bonds is 8. The summed E-state index contributed by atoms with van der Waals surface area (Å²) in [5, 5.41) is 14.4. The number of nitro benzene ring substituents is 1. The second-order valence-electron chi connectivity index (χ2n) is 4.96. The predicted octanol–water partition coefficient (Wildman–Crippen LogP) is 3.55. The number of nitrogens with one attached hydrogen (secondary N) is 1. The molecule has 1 aromatic rings. The van der Waals surface area contributed by atoms with Crippen molar-refractivity contribution >= 4 is 5.69 Å². The first kappa shape index (κ1) is 15.6. The Morgan fingerprint density at radius 2 is 1.89 bits per heavy atom. The average Bonchev–Trinajstić information content (AvgIpc) is 2.40. The summed E-state index contributed by atoms with van der Waals surface area (Å²) in [5.74, 6) is 0.672. The van der Waals surface area contributed by atoms with Gasteiger partial charge in [0.05, 0.1) is 4.92 Å². The quantitative estimate of drug-likeness (QED) is 0.577. The first-order chi connectivity index (χ1) is 9.10. The van der Waals surface area contributed by atoms with Gasteiger partial charge in [-0.05, 0) is 25.8 Å². The van der Waals surface area contributed by atoms with Crippen LogP contribution in [0.4, 0.5) is 5.69 Å². The van der Waals surface area contributed by atoms with Crippen molar-refractivity contribution in [2.75, 3.05) is 6.54 Å². The molecule has 0 aliphatic heterocycles. The van der Waals surface area contributed by atoms with E-state index in [1.165, 1.54) is 0 Å². The molecule has 19 heavy (non-hydrogen) atoms. The van der Waals surface area contributed by atoms with Crippen LogP contribution in [-0.4, -0.2) is 17.5 Å². The van der Waals surface area contributed by atoms with Crippen molar-refractivity contribution in [1.82, 2.24) is 5.32 Å². The van der Waals surface area contributed by atoms with Crippen LogP contribution in [0, 0.1) is 16.0 Å². The second-order valence-corrected chi connectivity index (χ2v) is 4.96.